The van der Waals surface area contributed by atoms with E-state index in [9.17, 15) is 9.59 Å². The molecule has 7 heteroatoms. The molecule has 1 aromatic carbocycles. The molecular weight excluding hydrogens is 336 g/mol. The fourth-order valence-corrected chi connectivity index (χ4v) is 2.11. The first-order chi connectivity index (χ1) is 8.93. The molecule has 0 aliphatic heterocycles. The molecule has 19 heavy (non-hydrogen) atoms. The minimum Gasteiger partial charge on any atom is -0.396 e. The van der Waals surface area contributed by atoms with Crippen LogP contribution in [0.5, 0.6) is 0 Å². The lowest BCUT2D eigenvalue weighted by atomic mass is 10.2. The van der Waals surface area contributed by atoms with E-state index in [-0.39, 0.29) is 12.6 Å². The molecule has 0 fully saturated rings. The maximum Gasteiger partial charge on any atom is 0.313 e. The molecule has 0 aliphatic carbocycles. The molecule has 1 aromatic rings. The predicted octanol–water partition coefficient (Wildman–Crippen LogP) is 1.93. The van der Waals surface area contributed by atoms with Gasteiger partial charge in [0.25, 0.3) is 0 Å². The number of nitrogens with one attached hydrogen (secondary N) is 2. The van der Waals surface area contributed by atoms with Crippen LogP contribution in [0.15, 0.2) is 22.7 Å². The van der Waals surface area contributed by atoms with Gasteiger partial charge in [0.05, 0.1) is 5.69 Å². The maximum atomic E-state index is 11.6. The van der Waals surface area contributed by atoms with E-state index < -0.39 is 11.8 Å². The number of halogens is 2. The summed E-state index contributed by atoms with van der Waals surface area (Å²) >= 11 is 9.01. The summed E-state index contributed by atoms with van der Waals surface area (Å²) in [6, 6.07) is 4.55. The molecule has 2 amide bonds. The summed E-state index contributed by atoms with van der Waals surface area (Å²) in [6.07, 6.45) is 0.393. The van der Waals surface area contributed by atoms with Gasteiger partial charge in [0.1, 0.15) is 0 Å². The van der Waals surface area contributed by atoms with Crippen LogP contribution in [0.4, 0.5) is 5.69 Å². The molecule has 0 saturated carbocycles. The third-order valence-corrected chi connectivity index (χ3v) is 3.22. The zero-order chi connectivity index (χ0) is 14.4. The molecule has 0 aromatic heterocycles. The molecule has 104 valence electrons. The number of benzene rings is 1. The highest BCUT2D eigenvalue weighted by molar-refractivity contribution is 9.10. The first-order valence-electron chi connectivity index (χ1n) is 5.61. The van der Waals surface area contributed by atoms with E-state index in [1.54, 1.807) is 25.1 Å². The van der Waals surface area contributed by atoms with Gasteiger partial charge in [-0.2, -0.15) is 0 Å². The van der Waals surface area contributed by atoms with Gasteiger partial charge in [-0.15, -0.1) is 0 Å². The van der Waals surface area contributed by atoms with E-state index in [1.807, 2.05) is 0 Å². The van der Waals surface area contributed by atoms with Crippen molar-refractivity contribution in [3.63, 3.8) is 0 Å². The number of aliphatic hydroxyl groups is 1. The number of hydrogen-bond acceptors (Lipinski definition) is 3. The zero-order valence-corrected chi connectivity index (χ0v) is 12.6. The van der Waals surface area contributed by atoms with E-state index >= 15 is 0 Å². The fourth-order valence-electron chi connectivity index (χ4n) is 1.33. The van der Waals surface area contributed by atoms with E-state index in [0.717, 1.165) is 0 Å². The van der Waals surface area contributed by atoms with Crippen LogP contribution in [-0.4, -0.2) is 29.6 Å². The van der Waals surface area contributed by atoms with Gasteiger partial charge in [-0.05, 0) is 47.5 Å². The van der Waals surface area contributed by atoms with Gasteiger partial charge in [-0.1, -0.05) is 11.6 Å². The molecule has 5 nitrogen and oxygen atoms in total. The second-order valence-electron chi connectivity index (χ2n) is 3.97. The highest BCUT2D eigenvalue weighted by Crippen LogP contribution is 2.25. The van der Waals surface area contributed by atoms with Crippen LogP contribution < -0.4 is 10.6 Å². The van der Waals surface area contributed by atoms with Gasteiger partial charge >= 0.3 is 11.8 Å². The molecule has 0 bridgehead atoms. The van der Waals surface area contributed by atoms with Crippen molar-refractivity contribution in [2.45, 2.75) is 19.4 Å². The topological polar surface area (TPSA) is 78.4 Å². The molecule has 0 aliphatic rings. The summed E-state index contributed by atoms with van der Waals surface area (Å²) in [5.41, 5.74) is 0.458. The Labute approximate surface area is 124 Å². The number of amides is 2. The monoisotopic (exact) mass is 348 g/mol. The number of carbonyl (C=O) groups excluding carboxylic acids is 2. The van der Waals surface area contributed by atoms with Crippen LogP contribution in [-0.2, 0) is 9.59 Å². The highest BCUT2D eigenvalue weighted by atomic mass is 79.9. The minimum absolute atomic E-state index is 0.0498. The number of hydrogen-bond donors (Lipinski definition) is 3. The fraction of sp³-hybridized carbons (Fsp3) is 0.333. The largest absolute Gasteiger partial charge is 0.396 e. The molecule has 0 heterocycles. The van der Waals surface area contributed by atoms with Crippen molar-refractivity contribution in [2.75, 3.05) is 11.9 Å². The summed E-state index contributed by atoms with van der Waals surface area (Å²) in [6.45, 7) is 1.66. The Balaban J connectivity index is 2.61. The van der Waals surface area contributed by atoms with Gasteiger partial charge in [-0.3, -0.25) is 9.59 Å². The second-order valence-corrected chi connectivity index (χ2v) is 5.26. The molecule has 1 rings (SSSR count). The van der Waals surface area contributed by atoms with Gasteiger partial charge in [0, 0.05) is 22.1 Å². The Morgan fingerprint density at radius 1 is 1.42 bits per heavy atom. The van der Waals surface area contributed by atoms with Crippen LogP contribution >= 0.6 is 27.5 Å². The Bertz CT molecular complexity index is 482. The van der Waals surface area contributed by atoms with Crippen LogP contribution in [0.3, 0.4) is 0 Å². The predicted molar refractivity (Wildman–Crippen MR) is 77.1 cm³/mol. The Hall–Kier alpha value is -1.11. The average Bonchev–Trinajstić information content (AvgIpc) is 2.32. The van der Waals surface area contributed by atoms with Crippen molar-refractivity contribution in [1.82, 2.24) is 5.32 Å². The summed E-state index contributed by atoms with van der Waals surface area (Å²) in [4.78, 5) is 23.2. The molecular formula is C12H14BrClN2O3. The normalized spacial score (nSPS) is 11.8. The Kier molecular flexibility index (Phi) is 6.27. The quantitative estimate of drug-likeness (QED) is 0.727. The molecule has 0 unspecified atom stereocenters. The SMILES string of the molecule is C[C@H](CCO)NC(=O)C(=O)Nc1ccc(Cl)cc1Br. The Morgan fingerprint density at radius 3 is 2.68 bits per heavy atom. The van der Waals surface area contributed by atoms with Crippen LogP contribution in [0.2, 0.25) is 5.02 Å². The third kappa shape index (κ3) is 5.18. The number of carbonyl (C=O) groups is 2. The van der Waals surface area contributed by atoms with E-state index in [4.69, 9.17) is 16.7 Å². The average molecular weight is 350 g/mol. The van der Waals surface area contributed by atoms with Crippen molar-refractivity contribution in [1.29, 1.82) is 0 Å². The van der Waals surface area contributed by atoms with Gasteiger partial charge < -0.3 is 15.7 Å². The lowest BCUT2D eigenvalue weighted by Crippen LogP contribution is -2.40. The van der Waals surface area contributed by atoms with E-state index in [2.05, 4.69) is 26.6 Å². The standard InChI is InChI=1S/C12H14BrClN2O3/c1-7(4-5-17)15-11(18)12(19)16-10-3-2-8(14)6-9(10)13/h2-3,6-7,17H,4-5H2,1H3,(H,15,18)(H,16,19)/t7-/m1/s1. The number of anilines is 1. The van der Waals surface area contributed by atoms with Gasteiger partial charge in [-0.25, -0.2) is 0 Å². The number of aliphatic hydroxyl groups excluding tert-OH is 1. The highest BCUT2D eigenvalue weighted by Gasteiger charge is 2.17. The van der Waals surface area contributed by atoms with Crippen LogP contribution in [0.25, 0.3) is 0 Å². The first-order valence-corrected chi connectivity index (χ1v) is 6.79. The first kappa shape index (κ1) is 15.9. The maximum absolute atomic E-state index is 11.6. The van der Waals surface area contributed by atoms with Crippen molar-refractivity contribution in [3.8, 4) is 0 Å². The van der Waals surface area contributed by atoms with Crippen molar-refractivity contribution < 1.29 is 14.7 Å². The van der Waals surface area contributed by atoms with Crippen LogP contribution in [0, 0.1) is 0 Å². The van der Waals surface area contributed by atoms with E-state index in [0.29, 0.717) is 21.6 Å². The molecule has 3 N–H and O–H groups in total. The minimum atomic E-state index is -0.771. The number of rotatable bonds is 4. The molecule has 0 spiro atoms. The van der Waals surface area contributed by atoms with Crippen LogP contribution in [0.1, 0.15) is 13.3 Å². The molecule has 1 atom stereocenters. The Morgan fingerprint density at radius 2 is 2.11 bits per heavy atom. The lowest BCUT2D eigenvalue weighted by molar-refractivity contribution is -0.136. The summed E-state index contributed by atoms with van der Waals surface area (Å²) in [5, 5.41) is 14.2. The lowest BCUT2D eigenvalue weighted by Gasteiger charge is -2.12. The third-order valence-electron chi connectivity index (χ3n) is 2.33. The van der Waals surface area contributed by atoms with Crippen molar-refractivity contribution in [3.05, 3.63) is 27.7 Å². The second kappa shape index (κ2) is 7.47. The molecule has 0 saturated heterocycles. The summed E-state index contributed by atoms with van der Waals surface area (Å²) in [7, 11) is 0. The smallest absolute Gasteiger partial charge is 0.313 e. The summed E-state index contributed by atoms with van der Waals surface area (Å²) in [5.74, 6) is -1.52. The van der Waals surface area contributed by atoms with Gasteiger partial charge in [0.15, 0.2) is 0 Å². The van der Waals surface area contributed by atoms with Crippen molar-refractivity contribution in [2.24, 2.45) is 0 Å². The molecule has 0 radical (unpaired) electrons. The summed E-state index contributed by atoms with van der Waals surface area (Å²) < 4.78 is 0.588. The van der Waals surface area contributed by atoms with Gasteiger partial charge in [0.2, 0.25) is 0 Å². The van der Waals surface area contributed by atoms with E-state index in [1.165, 1.54) is 0 Å². The zero-order valence-electron chi connectivity index (χ0n) is 10.2. The van der Waals surface area contributed by atoms with Crippen molar-refractivity contribution >= 4 is 45.0 Å².